The number of halogens is 1. The van der Waals surface area contributed by atoms with E-state index in [1.165, 1.54) is 43.2 Å². The zero-order valence-corrected chi connectivity index (χ0v) is 20.5. The van der Waals surface area contributed by atoms with E-state index in [9.17, 15) is 4.79 Å². The molecular weight excluding hydrogens is 495 g/mol. The van der Waals surface area contributed by atoms with Crippen LogP contribution in [0.4, 0.5) is 0 Å². The zero-order chi connectivity index (χ0) is 19.4. The monoisotopic (exact) mass is 528 g/mol. The number of carbonyl (C=O) groups excluding carboxylic acids is 1. The van der Waals surface area contributed by atoms with Crippen molar-refractivity contribution in [1.82, 2.24) is 15.1 Å². The van der Waals surface area contributed by atoms with Gasteiger partial charge in [-0.05, 0) is 30.4 Å². The molecule has 1 saturated carbocycles. The third-order valence-electron chi connectivity index (χ3n) is 6.41. The summed E-state index contributed by atoms with van der Waals surface area (Å²) in [5.74, 6) is 2.20. The van der Waals surface area contributed by atoms with Gasteiger partial charge in [0, 0.05) is 43.7 Å². The highest BCUT2D eigenvalue weighted by Crippen LogP contribution is 2.42. The fourth-order valence-corrected chi connectivity index (χ4v) is 6.40. The minimum Gasteiger partial charge on any atom is -0.347 e. The fraction of sp³-hybridized carbons (Fsp3) is 0.636. The Labute approximate surface area is 196 Å². The molecule has 1 amide bonds. The molecule has 0 radical (unpaired) electrons. The number of guanidine groups is 1. The van der Waals surface area contributed by atoms with Gasteiger partial charge in [-0.1, -0.05) is 43.5 Å². The second-order valence-corrected chi connectivity index (χ2v) is 9.81. The summed E-state index contributed by atoms with van der Waals surface area (Å²) in [7, 11) is 1.83. The highest BCUT2D eigenvalue weighted by atomic mass is 127. The molecule has 0 bridgehead atoms. The van der Waals surface area contributed by atoms with Crippen molar-refractivity contribution in [2.24, 2.45) is 4.99 Å². The highest BCUT2D eigenvalue weighted by molar-refractivity contribution is 14.0. The molecule has 1 spiro atoms. The molecule has 0 aromatic heterocycles. The summed E-state index contributed by atoms with van der Waals surface area (Å²) >= 11 is 2.16. The standard InChI is InChI=1S/C22H32N4OS.HI/c1-23-21(26-13-14-28-22(17-26)10-5-2-6-11-22)24-15-20(27)25-12-9-18-7-3-4-8-19(18)16-25;/h3-4,7-8H,2,5-6,9-17H2,1H3,(H,23,24);1H. The van der Waals surface area contributed by atoms with Crippen LogP contribution in [0, 0.1) is 0 Å². The number of rotatable bonds is 2. The Balaban J connectivity index is 0.00000240. The normalized spacial score (nSPS) is 21.3. The number of nitrogens with zero attached hydrogens (tertiary/aromatic N) is 3. The maximum atomic E-state index is 12.8. The molecular formula is C22H33IN4OS. The van der Waals surface area contributed by atoms with E-state index in [4.69, 9.17) is 0 Å². The highest BCUT2D eigenvalue weighted by Gasteiger charge is 2.38. The lowest BCUT2D eigenvalue weighted by molar-refractivity contribution is -0.130. The lowest BCUT2D eigenvalue weighted by Crippen LogP contribution is -2.54. The van der Waals surface area contributed by atoms with Gasteiger partial charge in [0.1, 0.15) is 0 Å². The number of aliphatic imine (C=N–C) groups is 1. The molecule has 4 rings (SSSR count). The molecule has 5 nitrogen and oxygen atoms in total. The lowest BCUT2D eigenvalue weighted by Gasteiger charge is -2.45. The number of hydrogen-bond donors (Lipinski definition) is 1. The Hall–Kier alpha value is -0.960. The Morgan fingerprint density at radius 3 is 2.66 bits per heavy atom. The van der Waals surface area contributed by atoms with Crippen LogP contribution in [0.1, 0.15) is 43.2 Å². The minimum absolute atomic E-state index is 0. The van der Waals surface area contributed by atoms with Gasteiger partial charge in [-0.2, -0.15) is 11.8 Å². The number of thioether (sulfide) groups is 1. The Morgan fingerprint density at radius 2 is 1.90 bits per heavy atom. The van der Waals surface area contributed by atoms with Crippen LogP contribution in [0.3, 0.4) is 0 Å². The van der Waals surface area contributed by atoms with Gasteiger partial charge >= 0.3 is 0 Å². The molecule has 0 atom stereocenters. The number of nitrogens with one attached hydrogen (secondary N) is 1. The van der Waals surface area contributed by atoms with Crippen LogP contribution in [-0.4, -0.2) is 65.4 Å². The summed E-state index contributed by atoms with van der Waals surface area (Å²) < 4.78 is 0.398. The molecule has 160 valence electrons. The Kier molecular flexibility index (Phi) is 8.13. The molecule has 7 heteroatoms. The van der Waals surface area contributed by atoms with E-state index >= 15 is 0 Å². The van der Waals surface area contributed by atoms with E-state index in [0.717, 1.165) is 44.3 Å². The van der Waals surface area contributed by atoms with Crippen molar-refractivity contribution >= 4 is 47.6 Å². The molecule has 2 aliphatic heterocycles. The van der Waals surface area contributed by atoms with E-state index < -0.39 is 0 Å². The maximum Gasteiger partial charge on any atom is 0.242 e. The van der Waals surface area contributed by atoms with Crippen molar-refractivity contribution < 1.29 is 4.79 Å². The molecule has 1 aromatic carbocycles. The molecule has 1 saturated heterocycles. The minimum atomic E-state index is 0. The number of amides is 1. The quantitative estimate of drug-likeness (QED) is 0.363. The largest absolute Gasteiger partial charge is 0.347 e. The second kappa shape index (κ2) is 10.4. The number of hydrogen-bond acceptors (Lipinski definition) is 3. The van der Waals surface area contributed by atoms with Crippen molar-refractivity contribution in [3.63, 3.8) is 0 Å². The zero-order valence-electron chi connectivity index (χ0n) is 17.4. The first-order valence-corrected chi connectivity index (χ1v) is 11.6. The third-order valence-corrected chi connectivity index (χ3v) is 7.94. The second-order valence-electron chi connectivity index (χ2n) is 8.25. The first-order chi connectivity index (χ1) is 13.7. The smallest absolute Gasteiger partial charge is 0.242 e. The first-order valence-electron chi connectivity index (χ1n) is 10.6. The van der Waals surface area contributed by atoms with Crippen LogP contribution in [0.2, 0.25) is 0 Å². The van der Waals surface area contributed by atoms with Gasteiger partial charge in [0.15, 0.2) is 5.96 Å². The first kappa shape index (κ1) is 22.7. The van der Waals surface area contributed by atoms with Gasteiger partial charge in [0.25, 0.3) is 0 Å². The molecule has 29 heavy (non-hydrogen) atoms. The summed E-state index contributed by atoms with van der Waals surface area (Å²) in [6, 6.07) is 8.45. The SMILES string of the molecule is CN=C(NCC(=O)N1CCc2ccccc2C1)N1CCSC2(CCCCC2)C1.I. The lowest BCUT2D eigenvalue weighted by atomic mass is 9.87. The molecule has 2 fully saturated rings. The molecule has 1 aliphatic carbocycles. The summed E-state index contributed by atoms with van der Waals surface area (Å²) in [4.78, 5) is 21.6. The summed E-state index contributed by atoms with van der Waals surface area (Å²) in [6.45, 7) is 3.92. The average Bonchev–Trinajstić information content (AvgIpc) is 2.74. The average molecular weight is 529 g/mol. The van der Waals surface area contributed by atoms with Crippen molar-refractivity contribution in [3.05, 3.63) is 35.4 Å². The molecule has 0 unspecified atom stereocenters. The topological polar surface area (TPSA) is 47.9 Å². The Bertz CT molecular complexity index is 730. The van der Waals surface area contributed by atoms with Crippen LogP contribution in [0.25, 0.3) is 0 Å². The predicted molar refractivity (Wildman–Crippen MR) is 132 cm³/mol. The summed E-state index contributed by atoms with van der Waals surface area (Å²) in [5, 5.41) is 3.36. The van der Waals surface area contributed by atoms with Crippen LogP contribution in [0.5, 0.6) is 0 Å². The molecule has 1 aromatic rings. The fourth-order valence-electron chi connectivity index (χ4n) is 4.83. The Morgan fingerprint density at radius 1 is 1.14 bits per heavy atom. The molecule has 1 N–H and O–H groups in total. The summed E-state index contributed by atoms with van der Waals surface area (Å²) in [5.41, 5.74) is 2.65. The van der Waals surface area contributed by atoms with Gasteiger partial charge in [0.05, 0.1) is 6.54 Å². The van der Waals surface area contributed by atoms with Gasteiger partial charge in [-0.25, -0.2) is 0 Å². The predicted octanol–water partition coefficient (Wildman–Crippen LogP) is 3.52. The third kappa shape index (κ3) is 5.40. The molecule has 2 heterocycles. The van der Waals surface area contributed by atoms with Crippen molar-refractivity contribution in [1.29, 1.82) is 0 Å². The van der Waals surface area contributed by atoms with E-state index in [0.29, 0.717) is 11.3 Å². The number of fused-ring (bicyclic) bond motifs is 1. The maximum absolute atomic E-state index is 12.8. The van der Waals surface area contributed by atoms with E-state index in [1.807, 2.05) is 11.9 Å². The van der Waals surface area contributed by atoms with Gasteiger partial charge in [-0.15, -0.1) is 24.0 Å². The van der Waals surface area contributed by atoms with Gasteiger partial charge in [-0.3, -0.25) is 9.79 Å². The van der Waals surface area contributed by atoms with Crippen LogP contribution in [-0.2, 0) is 17.8 Å². The van der Waals surface area contributed by atoms with Crippen LogP contribution in [0.15, 0.2) is 29.3 Å². The van der Waals surface area contributed by atoms with Crippen LogP contribution >= 0.6 is 35.7 Å². The van der Waals surface area contributed by atoms with Crippen LogP contribution < -0.4 is 5.32 Å². The van der Waals surface area contributed by atoms with E-state index in [2.05, 4.69) is 51.2 Å². The van der Waals surface area contributed by atoms with Gasteiger partial charge < -0.3 is 15.1 Å². The van der Waals surface area contributed by atoms with Crippen molar-refractivity contribution in [2.45, 2.75) is 49.8 Å². The molecule has 3 aliphatic rings. The van der Waals surface area contributed by atoms with E-state index in [-0.39, 0.29) is 29.9 Å². The number of carbonyl (C=O) groups is 1. The number of benzene rings is 1. The van der Waals surface area contributed by atoms with Gasteiger partial charge in [0.2, 0.25) is 5.91 Å². The van der Waals surface area contributed by atoms with Crippen molar-refractivity contribution in [2.75, 3.05) is 39.0 Å². The van der Waals surface area contributed by atoms with E-state index in [1.54, 1.807) is 0 Å². The van der Waals surface area contributed by atoms with Crippen molar-refractivity contribution in [3.8, 4) is 0 Å². The summed E-state index contributed by atoms with van der Waals surface area (Å²) in [6.07, 6.45) is 7.66.